The van der Waals surface area contributed by atoms with Gasteiger partial charge in [-0.25, -0.2) is 0 Å². The summed E-state index contributed by atoms with van der Waals surface area (Å²) in [6, 6.07) is 5.16. The van der Waals surface area contributed by atoms with E-state index in [1.165, 1.54) is 18.9 Å². The molecule has 0 aliphatic rings. The van der Waals surface area contributed by atoms with E-state index in [2.05, 4.69) is 0 Å². The third kappa shape index (κ3) is 3.23. The Kier molecular flexibility index (Phi) is 4.57. The maximum Gasteiger partial charge on any atom is 0.286 e. The molecule has 1 aromatic carbocycles. The molecule has 4 nitrogen and oxygen atoms in total. The molecule has 0 radical (unpaired) electrons. The van der Waals surface area contributed by atoms with Crippen LogP contribution in [0.3, 0.4) is 0 Å². The van der Waals surface area contributed by atoms with E-state index in [9.17, 15) is 9.59 Å². The predicted molar refractivity (Wildman–Crippen MR) is 67.9 cm³/mol. The summed E-state index contributed by atoms with van der Waals surface area (Å²) in [7, 11) is 4.85. The van der Waals surface area contributed by atoms with Crippen LogP contribution >= 0.6 is 11.8 Å². The molecule has 1 amide bonds. The molecule has 0 atom stereocenters. The van der Waals surface area contributed by atoms with Crippen LogP contribution in [-0.4, -0.2) is 37.1 Å². The maximum atomic E-state index is 11.7. The zero-order valence-corrected chi connectivity index (χ0v) is 11.1. The first-order valence-corrected chi connectivity index (χ1v) is 5.86. The number of ether oxygens (including phenoxy) is 1. The van der Waals surface area contributed by atoms with Gasteiger partial charge >= 0.3 is 0 Å². The van der Waals surface area contributed by atoms with Gasteiger partial charge < -0.3 is 9.64 Å². The van der Waals surface area contributed by atoms with Gasteiger partial charge in [0, 0.05) is 19.7 Å². The third-order valence-corrected chi connectivity index (χ3v) is 3.30. The van der Waals surface area contributed by atoms with Crippen LogP contribution in [-0.2, 0) is 0 Å². The lowest BCUT2D eigenvalue weighted by atomic mass is 10.1. The molecule has 17 heavy (non-hydrogen) atoms. The maximum absolute atomic E-state index is 11.7. The Morgan fingerprint density at radius 1 is 1.29 bits per heavy atom. The molecule has 0 N–H and O–H groups in total. The number of hydrogen-bond donors (Lipinski definition) is 0. The summed E-state index contributed by atoms with van der Waals surface area (Å²) in [5, 5.41) is -0.142. The molecule has 0 saturated carbocycles. The molecule has 0 aromatic heterocycles. The van der Waals surface area contributed by atoms with Crippen molar-refractivity contribution in [2.75, 3.05) is 21.2 Å². The van der Waals surface area contributed by atoms with E-state index in [0.717, 1.165) is 11.8 Å². The smallest absolute Gasteiger partial charge is 0.286 e. The number of carbonyl (C=O) groups is 2. The van der Waals surface area contributed by atoms with E-state index >= 15 is 0 Å². The summed E-state index contributed by atoms with van der Waals surface area (Å²) in [5.74, 6) is 0.454. The van der Waals surface area contributed by atoms with Crippen molar-refractivity contribution in [3.05, 3.63) is 23.8 Å². The number of rotatable bonds is 3. The fourth-order valence-electron chi connectivity index (χ4n) is 1.24. The van der Waals surface area contributed by atoms with Gasteiger partial charge in [0.05, 0.1) is 12.0 Å². The van der Waals surface area contributed by atoms with Crippen LogP contribution < -0.4 is 4.74 Å². The van der Waals surface area contributed by atoms with Crippen molar-refractivity contribution < 1.29 is 14.3 Å². The van der Waals surface area contributed by atoms with Gasteiger partial charge in [0.15, 0.2) is 5.78 Å². The van der Waals surface area contributed by atoms with Gasteiger partial charge in [-0.15, -0.1) is 0 Å². The summed E-state index contributed by atoms with van der Waals surface area (Å²) in [5.41, 5.74) is 0.504. The van der Waals surface area contributed by atoms with E-state index in [-0.39, 0.29) is 11.0 Å². The van der Waals surface area contributed by atoms with Crippen LogP contribution in [0, 0.1) is 0 Å². The lowest BCUT2D eigenvalue weighted by molar-refractivity contribution is 0.101. The number of amides is 1. The van der Waals surface area contributed by atoms with Crippen LogP contribution in [0.4, 0.5) is 4.79 Å². The Balaban J connectivity index is 3.18. The van der Waals surface area contributed by atoms with Gasteiger partial charge in [-0.1, -0.05) is 12.1 Å². The zero-order chi connectivity index (χ0) is 13.0. The molecular weight excluding hydrogens is 238 g/mol. The molecule has 0 fully saturated rings. The first kappa shape index (κ1) is 13.6. The molecule has 0 bridgehead atoms. The number of hydrogen-bond acceptors (Lipinski definition) is 4. The van der Waals surface area contributed by atoms with E-state index in [0.29, 0.717) is 16.2 Å². The van der Waals surface area contributed by atoms with Crippen LogP contribution in [0.5, 0.6) is 5.75 Å². The minimum absolute atomic E-state index is 0.0852. The summed E-state index contributed by atoms with van der Waals surface area (Å²) in [6.45, 7) is 1.47. The largest absolute Gasteiger partial charge is 0.496 e. The molecule has 1 rings (SSSR count). The van der Waals surface area contributed by atoms with Crippen molar-refractivity contribution in [1.82, 2.24) is 4.90 Å². The summed E-state index contributed by atoms with van der Waals surface area (Å²) < 4.78 is 5.17. The first-order valence-electron chi connectivity index (χ1n) is 5.04. The standard InChI is InChI=1S/C12H15NO3S/c1-8(14)9-6-5-7-10(16-4)11(9)17-12(15)13(2)3/h5-7H,1-4H3. The van der Waals surface area contributed by atoms with Gasteiger partial charge in [0.25, 0.3) is 5.24 Å². The van der Waals surface area contributed by atoms with Gasteiger partial charge in [-0.2, -0.15) is 0 Å². The van der Waals surface area contributed by atoms with Crippen molar-refractivity contribution in [2.24, 2.45) is 0 Å². The molecule has 1 aromatic rings. The predicted octanol–water partition coefficient (Wildman–Crippen LogP) is 2.67. The molecule has 0 saturated heterocycles. The van der Waals surface area contributed by atoms with E-state index in [4.69, 9.17) is 4.74 Å². The lowest BCUT2D eigenvalue weighted by Gasteiger charge is -2.14. The van der Waals surface area contributed by atoms with Crippen LogP contribution in [0.2, 0.25) is 0 Å². The molecule has 0 unspecified atom stereocenters. The summed E-state index contributed by atoms with van der Waals surface area (Å²) >= 11 is 0.999. The van der Waals surface area contributed by atoms with Crippen LogP contribution in [0.1, 0.15) is 17.3 Å². The minimum Gasteiger partial charge on any atom is -0.496 e. The zero-order valence-electron chi connectivity index (χ0n) is 10.3. The number of thioether (sulfide) groups is 1. The highest BCUT2D eigenvalue weighted by molar-refractivity contribution is 8.13. The Morgan fingerprint density at radius 2 is 1.94 bits per heavy atom. The van der Waals surface area contributed by atoms with Crippen molar-refractivity contribution in [3.8, 4) is 5.75 Å². The molecular formula is C12H15NO3S. The van der Waals surface area contributed by atoms with E-state index in [1.807, 2.05) is 0 Å². The third-order valence-electron chi connectivity index (χ3n) is 2.13. The minimum atomic E-state index is -0.142. The van der Waals surface area contributed by atoms with Gasteiger partial charge in [-0.3, -0.25) is 9.59 Å². The van der Waals surface area contributed by atoms with Gasteiger partial charge in [-0.05, 0) is 24.8 Å². The Hall–Kier alpha value is -1.49. The summed E-state index contributed by atoms with van der Waals surface area (Å²) in [6.07, 6.45) is 0. The molecule has 5 heteroatoms. The average Bonchev–Trinajstić information content (AvgIpc) is 2.28. The number of methoxy groups -OCH3 is 1. The fraction of sp³-hybridized carbons (Fsp3) is 0.333. The highest BCUT2D eigenvalue weighted by Gasteiger charge is 2.17. The van der Waals surface area contributed by atoms with Crippen molar-refractivity contribution in [1.29, 1.82) is 0 Å². The van der Waals surface area contributed by atoms with Crippen LogP contribution in [0.25, 0.3) is 0 Å². The molecule has 0 aliphatic heterocycles. The quantitative estimate of drug-likeness (QED) is 0.613. The Labute approximate surface area is 105 Å². The second-order valence-corrected chi connectivity index (χ2v) is 4.62. The fourth-order valence-corrected chi connectivity index (χ4v) is 2.17. The number of nitrogens with zero attached hydrogens (tertiary/aromatic N) is 1. The van der Waals surface area contributed by atoms with Crippen LogP contribution in [0.15, 0.2) is 23.1 Å². The average molecular weight is 253 g/mol. The Morgan fingerprint density at radius 3 is 2.41 bits per heavy atom. The van der Waals surface area contributed by atoms with E-state index < -0.39 is 0 Å². The first-order chi connectivity index (χ1) is 7.97. The normalized spacial score (nSPS) is 9.88. The second kappa shape index (κ2) is 5.72. The monoisotopic (exact) mass is 253 g/mol. The van der Waals surface area contributed by atoms with Gasteiger partial charge in [0.1, 0.15) is 5.75 Å². The lowest BCUT2D eigenvalue weighted by Crippen LogP contribution is -2.16. The van der Waals surface area contributed by atoms with Crippen molar-refractivity contribution in [3.63, 3.8) is 0 Å². The number of benzene rings is 1. The van der Waals surface area contributed by atoms with Crippen molar-refractivity contribution >= 4 is 22.8 Å². The SMILES string of the molecule is COc1cccc(C(C)=O)c1SC(=O)N(C)C. The number of ketones is 1. The summed E-state index contributed by atoms with van der Waals surface area (Å²) in [4.78, 5) is 25.2. The number of carbonyl (C=O) groups excluding carboxylic acids is 2. The highest BCUT2D eigenvalue weighted by Crippen LogP contribution is 2.34. The second-order valence-electron chi connectivity index (χ2n) is 3.66. The molecule has 0 heterocycles. The highest BCUT2D eigenvalue weighted by atomic mass is 32.2. The Bertz CT molecular complexity index is 443. The van der Waals surface area contributed by atoms with Gasteiger partial charge in [0.2, 0.25) is 0 Å². The van der Waals surface area contributed by atoms with E-state index in [1.54, 1.807) is 32.3 Å². The molecule has 0 spiro atoms. The van der Waals surface area contributed by atoms with Crippen molar-refractivity contribution in [2.45, 2.75) is 11.8 Å². The molecule has 0 aliphatic carbocycles. The number of Topliss-reactive ketones (excluding diaryl/α,β-unsaturated/α-hetero) is 1. The topological polar surface area (TPSA) is 46.6 Å². The molecule has 92 valence electrons.